The van der Waals surface area contributed by atoms with E-state index in [0.29, 0.717) is 30.4 Å². The highest BCUT2D eigenvalue weighted by Crippen LogP contribution is 2.25. The molecule has 7 heteroatoms. The second kappa shape index (κ2) is 6.24. The smallest absolute Gasteiger partial charge is 0.254 e. The highest BCUT2D eigenvalue weighted by molar-refractivity contribution is 5.94. The predicted octanol–water partition coefficient (Wildman–Crippen LogP) is 1.37. The molecule has 7 nitrogen and oxygen atoms in total. The molecular formula is C17H21N5O2. The topological polar surface area (TPSA) is 72.3 Å². The van der Waals surface area contributed by atoms with E-state index in [1.54, 1.807) is 13.2 Å². The number of carbonyl (C=O) groups is 1. The van der Waals surface area contributed by atoms with Gasteiger partial charge in [0, 0.05) is 18.7 Å². The van der Waals surface area contributed by atoms with Crippen molar-refractivity contribution in [1.82, 2.24) is 25.0 Å². The van der Waals surface area contributed by atoms with Gasteiger partial charge in [-0.15, -0.1) is 10.2 Å². The van der Waals surface area contributed by atoms with Gasteiger partial charge in [0.05, 0.1) is 19.7 Å². The highest BCUT2D eigenvalue weighted by Gasteiger charge is 2.29. The third kappa shape index (κ3) is 2.65. The van der Waals surface area contributed by atoms with Gasteiger partial charge in [0.15, 0.2) is 5.82 Å². The Bertz CT molecular complexity index is 751. The van der Waals surface area contributed by atoms with Crippen molar-refractivity contribution >= 4 is 5.91 Å². The quantitative estimate of drug-likeness (QED) is 0.922. The zero-order chi connectivity index (χ0) is 16.5. The van der Waals surface area contributed by atoms with Gasteiger partial charge < -0.3 is 19.5 Å². The van der Waals surface area contributed by atoms with Gasteiger partial charge in [0.1, 0.15) is 11.6 Å². The van der Waals surface area contributed by atoms with E-state index in [9.17, 15) is 4.79 Å². The number of hydrogen-bond acceptors (Lipinski definition) is 5. The molecule has 0 spiro atoms. The van der Waals surface area contributed by atoms with Crippen LogP contribution >= 0.6 is 0 Å². The van der Waals surface area contributed by atoms with E-state index >= 15 is 0 Å². The lowest BCUT2D eigenvalue weighted by Gasteiger charge is -2.28. The lowest BCUT2D eigenvalue weighted by Crippen LogP contribution is -2.39. The molecule has 126 valence electrons. The zero-order valence-electron chi connectivity index (χ0n) is 13.7. The van der Waals surface area contributed by atoms with Gasteiger partial charge in [-0.05, 0) is 37.6 Å². The first kappa shape index (κ1) is 15.1. The molecule has 24 heavy (non-hydrogen) atoms. The van der Waals surface area contributed by atoms with E-state index in [1.807, 2.05) is 23.1 Å². The molecule has 1 fully saturated rings. The maximum atomic E-state index is 12.7. The number of amides is 1. The summed E-state index contributed by atoms with van der Waals surface area (Å²) in [6.45, 7) is 2.94. The Morgan fingerprint density at radius 2 is 2.25 bits per heavy atom. The molecule has 0 radical (unpaired) electrons. The fraction of sp³-hybridized carbons (Fsp3) is 0.471. The van der Waals surface area contributed by atoms with Gasteiger partial charge in [0.25, 0.3) is 5.91 Å². The van der Waals surface area contributed by atoms with Crippen LogP contribution in [-0.4, -0.2) is 45.8 Å². The number of benzene rings is 1. The van der Waals surface area contributed by atoms with E-state index in [2.05, 4.69) is 20.1 Å². The summed E-state index contributed by atoms with van der Waals surface area (Å²) in [5.41, 5.74) is 0.639. The summed E-state index contributed by atoms with van der Waals surface area (Å²) < 4.78 is 7.37. The number of ether oxygens (including phenoxy) is 1. The van der Waals surface area contributed by atoms with Gasteiger partial charge in [-0.1, -0.05) is 6.07 Å². The van der Waals surface area contributed by atoms with E-state index in [4.69, 9.17) is 4.74 Å². The lowest BCUT2D eigenvalue weighted by atomic mass is 10.1. The van der Waals surface area contributed by atoms with Crippen LogP contribution in [0.15, 0.2) is 24.3 Å². The number of carbonyl (C=O) groups excluding carboxylic acids is 1. The Hall–Kier alpha value is -2.41. The van der Waals surface area contributed by atoms with Crippen LogP contribution in [0, 0.1) is 0 Å². The molecule has 1 N–H and O–H groups in total. The number of nitrogens with one attached hydrogen (secondary N) is 1. The summed E-state index contributed by atoms with van der Waals surface area (Å²) in [6, 6.07) is 7.56. The maximum absolute atomic E-state index is 12.7. The van der Waals surface area contributed by atoms with Crippen molar-refractivity contribution in [3.05, 3.63) is 41.5 Å². The molecule has 1 atom stereocenters. The average molecular weight is 327 g/mol. The van der Waals surface area contributed by atoms with Crippen LogP contribution in [0.1, 0.15) is 40.9 Å². The zero-order valence-corrected chi connectivity index (χ0v) is 13.7. The van der Waals surface area contributed by atoms with Gasteiger partial charge in [-0.25, -0.2) is 0 Å². The molecule has 1 saturated heterocycles. The Balaban J connectivity index is 1.52. The highest BCUT2D eigenvalue weighted by atomic mass is 16.5. The van der Waals surface area contributed by atoms with Crippen molar-refractivity contribution in [2.45, 2.75) is 32.0 Å². The van der Waals surface area contributed by atoms with Gasteiger partial charge in [0.2, 0.25) is 0 Å². The third-order valence-electron chi connectivity index (χ3n) is 4.76. The number of aromatic nitrogens is 3. The molecule has 3 heterocycles. The number of nitrogens with zero attached hydrogens (tertiary/aromatic N) is 4. The fourth-order valence-corrected chi connectivity index (χ4v) is 3.45. The molecule has 2 aromatic rings. The first-order valence-electron chi connectivity index (χ1n) is 8.35. The summed E-state index contributed by atoms with van der Waals surface area (Å²) in [5, 5.41) is 12.1. The summed E-state index contributed by atoms with van der Waals surface area (Å²) >= 11 is 0. The molecule has 0 bridgehead atoms. The maximum Gasteiger partial charge on any atom is 0.254 e. The molecule has 1 aromatic carbocycles. The van der Waals surface area contributed by atoms with Crippen LogP contribution in [0.25, 0.3) is 0 Å². The van der Waals surface area contributed by atoms with Crippen molar-refractivity contribution in [1.29, 1.82) is 0 Å². The molecule has 0 aliphatic carbocycles. The van der Waals surface area contributed by atoms with Gasteiger partial charge in [-0.3, -0.25) is 4.79 Å². The third-order valence-corrected chi connectivity index (χ3v) is 4.76. The minimum absolute atomic E-state index is 0.00342. The molecule has 2 aliphatic rings. The Morgan fingerprint density at radius 1 is 1.33 bits per heavy atom. The van der Waals surface area contributed by atoms with Crippen LogP contribution in [0.5, 0.6) is 5.75 Å². The van der Waals surface area contributed by atoms with Crippen molar-refractivity contribution < 1.29 is 9.53 Å². The van der Waals surface area contributed by atoms with E-state index in [1.165, 1.54) is 6.42 Å². The van der Waals surface area contributed by atoms with Crippen LogP contribution < -0.4 is 10.1 Å². The molecule has 4 rings (SSSR count). The molecule has 2 aliphatic heterocycles. The van der Waals surface area contributed by atoms with Crippen LogP contribution in [0.4, 0.5) is 0 Å². The summed E-state index contributed by atoms with van der Waals surface area (Å²) in [4.78, 5) is 14.6. The minimum atomic E-state index is 0.00342. The molecule has 0 saturated carbocycles. The number of rotatable bonds is 3. The van der Waals surface area contributed by atoms with Crippen molar-refractivity contribution in [3.63, 3.8) is 0 Å². The summed E-state index contributed by atoms with van der Waals surface area (Å²) in [5.74, 6) is 2.57. The monoisotopic (exact) mass is 327 g/mol. The normalized spacial score (nSPS) is 20.0. The van der Waals surface area contributed by atoms with Crippen molar-refractivity contribution in [2.75, 3.05) is 20.2 Å². The minimum Gasteiger partial charge on any atom is -0.497 e. The lowest BCUT2D eigenvalue weighted by molar-refractivity contribution is 0.0705. The Labute approximate surface area is 140 Å². The average Bonchev–Trinajstić information content (AvgIpc) is 3.29. The molecular weight excluding hydrogens is 306 g/mol. The van der Waals surface area contributed by atoms with Gasteiger partial charge in [-0.2, -0.15) is 0 Å². The van der Waals surface area contributed by atoms with E-state index in [0.717, 1.165) is 31.2 Å². The predicted molar refractivity (Wildman–Crippen MR) is 87.7 cm³/mol. The van der Waals surface area contributed by atoms with Crippen LogP contribution in [-0.2, 0) is 13.1 Å². The summed E-state index contributed by atoms with van der Waals surface area (Å²) in [7, 11) is 1.60. The number of hydrogen-bond donors (Lipinski definition) is 1. The van der Waals surface area contributed by atoms with E-state index < -0.39 is 0 Å². The number of methoxy groups -OCH3 is 1. The largest absolute Gasteiger partial charge is 0.497 e. The van der Waals surface area contributed by atoms with Crippen LogP contribution in [0.3, 0.4) is 0 Å². The standard InChI is InChI=1S/C17H21N5O2/c1-24-13-5-2-4-12(10-13)17(23)21-8-9-22-15(11-21)19-20-16(22)14-6-3-7-18-14/h2,4-5,10,14,18H,3,6-9,11H2,1H3. The second-order valence-corrected chi connectivity index (χ2v) is 6.23. The van der Waals surface area contributed by atoms with Gasteiger partial charge >= 0.3 is 0 Å². The Morgan fingerprint density at radius 3 is 3.04 bits per heavy atom. The molecule has 1 amide bonds. The first-order valence-corrected chi connectivity index (χ1v) is 8.35. The second-order valence-electron chi connectivity index (χ2n) is 6.23. The van der Waals surface area contributed by atoms with Crippen molar-refractivity contribution in [3.8, 4) is 5.75 Å². The molecule has 1 aromatic heterocycles. The summed E-state index contributed by atoms with van der Waals surface area (Å²) in [6.07, 6.45) is 2.28. The first-order chi connectivity index (χ1) is 11.8. The molecule has 1 unspecified atom stereocenters. The fourth-order valence-electron chi connectivity index (χ4n) is 3.45. The number of fused-ring (bicyclic) bond motifs is 1. The Kier molecular flexibility index (Phi) is 3.93. The SMILES string of the molecule is COc1cccc(C(=O)N2CCn3c(nnc3C3CCCN3)C2)c1. The van der Waals surface area contributed by atoms with Crippen molar-refractivity contribution in [2.24, 2.45) is 0 Å². The van der Waals surface area contributed by atoms with Crippen LogP contribution in [0.2, 0.25) is 0 Å². The van der Waals surface area contributed by atoms with E-state index in [-0.39, 0.29) is 5.91 Å².